The number of carbonyl (C=O) groups is 1. The summed E-state index contributed by atoms with van der Waals surface area (Å²) in [7, 11) is 0. The molecule has 2 N–H and O–H groups in total. The Morgan fingerprint density at radius 2 is 2.12 bits per heavy atom. The van der Waals surface area contributed by atoms with Crippen molar-refractivity contribution in [1.82, 2.24) is 10.6 Å². The minimum absolute atomic E-state index is 0.0471. The van der Waals surface area contributed by atoms with E-state index in [0.29, 0.717) is 6.04 Å². The van der Waals surface area contributed by atoms with Crippen molar-refractivity contribution in [1.29, 1.82) is 0 Å². The van der Waals surface area contributed by atoms with Crippen LogP contribution in [0.1, 0.15) is 65.2 Å². The Morgan fingerprint density at radius 1 is 1.29 bits per heavy atom. The molecule has 1 aliphatic rings. The van der Waals surface area contributed by atoms with Crippen molar-refractivity contribution in [2.24, 2.45) is 0 Å². The molecule has 1 amide bonds. The molecule has 100 valence electrons. The van der Waals surface area contributed by atoms with Gasteiger partial charge in [0.1, 0.15) is 0 Å². The molecule has 2 atom stereocenters. The highest BCUT2D eigenvalue weighted by molar-refractivity contribution is 5.81. The smallest absolute Gasteiger partial charge is 0.237 e. The van der Waals surface area contributed by atoms with Gasteiger partial charge in [-0.1, -0.05) is 33.1 Å². The van der Waals surface area contributed by atoms with Crippen LogP contribution in [0.25, 0.3) is 0 Å². The Morgan fingerprint density at radius 3 is 2.82 bits per heavy atom. The third-order valence-electron chi connectivity index (χ3n) is 3.52. The second-order valence-electron chi connectivity index (χ2n) is 5.13. The Balaban J connectivity index is 2.42. The first-order valence-corrected chi connectivity index (χ1v) is 7.31. The normalized spacial score (nSPS) is 22.9. The molecular weight excluding hydrogens is 212 g/mol. The molecule has 3 nitrogen and oxygen atoms in total. The quantitative estimate of drug-likeness (QED) is 0.718. The molecule has 2 unspecified atom stereocenters. The van der Waals surface area contributed by atoms with Gasteiger partial charge < -0.3 is 10.6 Å². The molecule has 1 fully saturated rings. The molecule has 0 aliphatic carbocycles. The molecule has 1 saturated heterocycles. The Labute approximate surface area is 106 Å². The van der Waals surface area contributed by atoms with E-state index >= 15 is 0 Å². The van der Waals surface area contributed by atoms with E-state index in [-0.39, 0.29) is 11.9 Å². The first kappa shape index (κ1) is 14.5. The zero-order chi connectivity index (χ0) is 12.5. The van der Waals surface area contributed by atoms with Crippen LogP contribution in [-0.2, 0) is 4.79 Å². The molecule has 17 heavy (non-hydrogen) atoms. The van der Waals surface area contributed by atoms with Crippen molar-refractivity contribution in [2.75, 3.05) is 6.54 Å². The molecule has 1 heterocycles. The number of carbonyl (C=O) groups excluding carboxylic acids is 1. The molecule has 0 aromatic carbocycles. The highest BCUT2D eigenvalue weighted by atomic mass is 16.2. The van der Waals surface area contributed by atoms with Crippen molar-refractivity contribution >= 4 is 5.91 Å². The average Bonchev–Trinajstić information content (AvgIpc) is 2.52. The van der Waals surface area contributed by atoms with Crippen LogP contribution in [-0.4, -0.2) is 24.5 Å². The van der Waals surface area contributed by atoms with Gasteiger partial charge in [-0.3, -0.25) is 4.79 Å². The molecule has 0 aromatic heterocycles. The first-order valence-electron chi connectivity index (χ1n) is 7.31. The maximum atomic E-state index is 11.9. The molecule has 0 bridgehead atoms. The highest BCUT2D eigenvalue weighted by Gasteiger charge is 2.22. The van der Waals surface area contributed by atoms with E-state index in [4.69, 9.17) is 0 Å². The molecule has 0 radical (unpaired) electrons. The summed E-state index contributed by atoms with van der Waals surface area (Å²) in [4.78, 5) is 11.9. The zero-order valence-electron chi connectivity index (χ0n) is 11.4. The zero-order valence-corrected chi connectivity index (χ0v) is 11.4. The molecule has 0 saturated carbocycles. The van der Waals surface area contributed by atoms with Gasteiger partial charge in [0.2, 0.25) is 5.91 Å². The predicted octanol–water partition coefficient (Wildman–Crippen LogP) is 2.60. The van der Waals surface area contributed by atoms with Gasteiger partial charge in [0.05, 0.1) is 6.04 Å². The van der Waals surface area contributed by atoms with Crippen LogP contribution in [0.2, 0.25) is 0 Å². The summed E-state index contributed by atoms with van der Waals surface area (Å²) in [5.74, 6) is 0.208. The van der Waals surface area contributed by atoms with E-state index < -0.39 is 0 Å². The van der Waals surface area contributed by atoms with Gasteiger partial charge in [0.15, 0.2) is 0 Å². The molecule has 0 aromatic rings. The largest absolute Gasteiger partial charge is 0.355 e. The Hall–Kier alpha value is -0.570. The lowest BCUT2D eigenvalue weighted by Gasteiger charge is -2.23. The fourth-order valence-corrected chi connectivity index (χ4v) is 2.49. The molecule has 1 rings (SSSR count). The lowest BCUT2D eigenvalue weighted by atomic mass is 10.0. The van der Waals surface area contributed by atoms with Crippen molar-refractivity contribution in [3.63, 3.8) is 0 Å². The van der Waals surface area contributed by atoms with Gasteiger partial charge in [-0.05, 0) is 32.1 Å². The topological polar surface area (TPSA) is 41.1 Å². The molecule has 0 spiro atoms. The minimum Gasteiger partial charge on any atom is -0.355 e. The number of unbranched alkanes of at least 4 members (excludes halogenated alkanes) is 1. The summed E-state index contributed by atoms with van der Waals surface area (Å²) in [6.45, 7) is 5.29. The Kier molecular flexibility index (Phi) is 7.25. The summed E-state index contributed by atoms with van der Waals surface area (Å²) in [6, 6.07) is 0.569. The lowest BCUT2D eigenvalue weighted by Crippen LogP contribution is -2.47. The van der Waals surface area contributed by atoms with Gasteiger partial charge in [0, 0.05) is 12.6 Å². The summed E-state index contributed by atoms with van der Waals surface area (Å²) < 4.78 is 0. The van der Waals surface area contributed by atoms with E-state index in [1.54, 1.807) is 0 Å². The Bertz CT molecular complexity index is 218. The van der Waals surface area contributed by atoms with Crippen molar-refractivity contribution in [2.45, 2.75) is 77.3 Å². The van der Waals surface area contributed by atoms with Gasteiger partial charge in [-0.25, -0.2) is 0 Å². The number of amides is 1. The number of hydrogen-bond acceptors (Lipinski definition) is 2. The van der Waals surface area contributed by atoms with E-state index in [1.165, 1.54) is 32.1 Å². The third kappa shape index (κ3) is 5.53. The maximum absolute atomic E-state index is 11.9. The minimum atomic E-state index is 0.0471. The van der Waals surface area contributed by atoms with Crippen LogP contribution >= 0.6 is 0 Å². The van der Waals surface area contributed by atoms with Crippen LogP contribution in [0, 0.1) is 0 Å². The van der Waals surface area contributed by atoms with E-state index in [9.17, 15) is 4.79 Å². The maximum Gasteiger partial charge on any atom is 0.237 e. The van der Waals surface area contributed by atoms with Gasteiger partial charge in [-0.15, -0.1) is 0 Å². The van der Waals surface area contributed by atoms with Crippen molar-refractivity contribution in [3.05, 3.63) is 0 Å². The molecule has 1 aliphatic heterocycles. The average molecular weight is 240 g/mol. The van der Waals surface area contributed by atoms with E-state index in [0.717, 1.165) is 25.8 Å². The number of rotatable bonds is 7. The molecule has 3 heteroatoms. The highest BCUT2D eigenvalue weighted by Crippen LogP contribution is 2.11. The van der Waals surface area contributed by atoms with Gasteiger partial charge in [0.25, 0.3) is 0 Å². The fraction of sp³-hybridized carbons (Fsp3) is 0.929. The second kappa shape index (κ2) is 8.51. The monoisotopic (exact) mass is 240 g/mol. The van der Waals surface area contributed by atoms with Crippen LogP contribution < -0.4 is 10.6 Å². The molecular formula is C14H28N2O. The third-order valence-corrected chi connectivity index (χ3v) is 3.52. The van der Waals surface area contributed by atoms with Crippen molar-refractivity contribution in [3.8, 4) is 0 Å². The summed E-state index contributed by atoms with van der Waals surface area (Å²) >= 11 is 0. The van der Waals surface area contributed by atoms with Gasteiger partial charge >= 0.3 is 0 Å². The number of hydrogen-bond donors (Lipinski definition) is 2. The van der Waals surface area contributed by atoms with Crippen molar-refractivity contribution < 1.29 is 4.79 Å². The van der Waals surface area contributed by atoms with Crippen LogP contribution in [0.4, 0.5) is 0 Å². The van der Waals surface area contributed by atoms with Crippen LogP contribution in [0.5, 0.6) is 0 Å². The van der Waals surface area contributed by atoms with E-state index in [2.05, 4.69) is 24.5 Å². The SMILES string of the molecule is CCCCC(CCC)NC1CCCCNC1=O. The van der Waals surface area contributed by atoms with Crippen LogP contribution in [0.15, 0.2) is 0 Å². The number of nitrogens with one attached hydrogen (secondary N) is 2. The lowest BCUT2D eigenvalue weighted by molar-refractivity contribution is -0.123. The van der Waals surface area contributed by atoms with Gasteiger partial charge in [-0.2, -0.15) is 0 Å². The summed E-state index contributed by atoms with van der Waals surface area (Å²) in [5.41, 5.74) is 0. The van der Waals surface area contributed by atoms with Crippen LogP contribution in [0.3, 0.4) is 0 Å². The standard InChI is InChI=1S/C14H28N2O/c1-3-5-9-12(8-4-2)16-13-10-6-7-11-15-14(13)17/h12-13,16H,3-11H2,1-2H3,(H,15,17). The fourth-order valence-electron chi connectivity index (χ4n) is 2.49. The van der Waals surface area contributed by atoms with E-state index in [1.807, 2.05) is 0 Å². The predicted molar refractivity (Wildman–Crippen MR) is 72.0 cm³/mol. The first-order chi connectivity index (χ1) is 8.27. The second-order valence-corrected chi connectivity index (χ2v) is 5.13. The summed E-state index contributed by atoms with van der Waals surface area (Å²) in [5, 5.41) is 6.57. The summed E-state index contributed by atoms with van der Waals surface area (Å²) in [6.07, 6.45) is 9.34.